The van der Waals surface area contributed by atoms with Crippen LogP contribution in [0.5, 0.6) is 5.75 Å². The predicted octanol–water partition coefficient (Wildman–Crippen LogP) is 4.11. The number of H-pyrrole nitrogens is 1. The molecule has 0 spiro atoms. The zero-order chi connectivity index (χ0) is 20.1. The second-order valence-corrected chi connectivity index (χ2v) is 8.93. The van der Waals surface area contributed by atoms with Crippen molar-refractivity contribution in [1.82, 2.24) is 4.98 Å². The highest BCUT2D eigenvalue weighted by Crippen LogP contribution is 2.41. The molecule has 0 aliphatic rings. The monoisotopic (exact) mass is 415 g/mol. The van der Waals surface area contributed by atoms with Gasteiger partial charge in [-0.15, -0.1) is 11.3 Å². The smallest absolute Gasteiger partial charge is 0.269 e. The van der Waals surface area contributed by atoms with Crippen LogP contribution in [0.2, 0.25) is 0 Å². The van der Waals surface area contributed by atoms with Crippen molar-refractivity contribution >= 4 is 42.4 Å². The van der Waals surface area contributed by atoms with Crippen LogP contribution in [0.15, 0.2) is 46.6 Å². The molecule has 0 aliphatic carbocycles. The quantitative estimate of drug-likeness (QED) is 0.489. The van der Waals surface area contributed by atoms with E-state index in [0.717, 1.165) is 33.0 Å². The molecule has 0 saturated carbocycles. The lowest BCUT2D eigenvalue weighted by molar-refractivity contribution is 0.416. The third-order valence-corrected chi connectivity index (χ3v) is 6.29. The molecule has 0 bridgehead atoms. The number of methoxy groups -OCH3 is 1. The standard InChI is InChI=1S/C20H17NO5S2/c1-11-9-15(26-2)16(13-5-3-12(4-6-13)10-28(23,24)25)17-14-7-8-27-19(14)20(22)21-18(11)17/h3-9H,10H2,1-2H3,(H,21,22)(H,23,24,25). The molecule has 2 heterocycles. The van der Waals surface area contributed by atoms with Crippen molar-refractivity contribution < 1.29 is 17.7 Å². The summed E-state index contributed by atoms with van der Waals surface area (Å²) >= 11 is 1.38. The molecule has 144 valence electrons. The van der Waals surface area contributed by atoms with Gasteiger partial charge in [0.05, 0.1) is 12.6 Å². The van der Waals surface area contributed by atoms with Crippen molar-refractivity contribution in [2.75, 3.05) is 7.11 Å². The molecule has 0 saturated heterocycles. The van der Waals surface area contributed by atoms with Crippen LogP contribution in [0.4, 0.5) is 0 Å². The Bertz CT molecular complexity index is 1370. The van der Waals surface area contributed by atoms with Crippen LogP contribution in [0.25, 0.3) is 32.1 Å². The molecule has 8 heteroatoms. The number of fused-ring (bicyclic) bond motifs is 3. The van der Waals surface area contributed by atoms with Crippen LogP contribution in [-0.2, 0) is 15.9 Å². The first kappa shape index (κ1) is 18.7. The number of aromatic nitrogens is 1. The SMILES string of the molecule is COc1cc(C)c2[nH]c(=O)c3sccc3c2c1-c1ccc(CS(=O)(=O)O)cc1. The Morgan fingerprint density at radius 3 is 2.54 bits per heavy atom. The molecular weight excluding hydrogens is 398 g/mol. The van der Waals surface area contributed by atoms with Gasteiger partial charge in [-0.05, 0) is 41.1 Å². The Balaban J connectivity index is 2.04. The van der Waals surface area contributed by atoms with Gasteiger partial charge in [-0.25, -0.2) is 0 Å². The van der Waals surface area contributed by atoms with E-state index in [1.807, 2.05) is 24.4 Å². The van der Waals surface area contributed by atoms with Crippen LogP contribution in [-0.4, -0.2) is 25.1 Å². The minimum Gasteiger partial charge on any atom is -0.496 e. The topological polar surface area (TPSA) is 96.5 Å². The second-order valence-electron chi connectivity index (χ2n) is 6.56. The number of pyridine rings is 1. The van der Waals surface area contributed by atoms with Crippen molar-refractivity contribution in [1.29, 1.82) is 0 Å². The molecule has 0 atom stereocenters. The molecule has 0 amide bonds. The average Bonchev–Trinajstić information content (AvgIpc) is 3.12. The number of hydrogen-bond donors (Lipinski definition) is 2. The van der Waals surface area contributed by atoms with Crippen molar-refractivity contribution in [3.63, 3.8) is 0 Å². The minimum absolute atomic E-state index is 0.125. The van der Waals surface area contributed by atoms with Crippen molar-refractivity contribution in [2.24, 2.45) is 0 Å². The normalized spacial score (nSPS) is 12.0. The fraction of sp³-hybridized carbons (Fsp3) is 0.150. The van der Waals surface area contributed by atoms with Crippen LogP contribution in [0, 0.1) is 6.92 Å². The molecule has 2 N–H and O–H groups in total. The molecule has 6 nitrogen and oxygen atoms in total. The molecular formula is C20H17NO5S2. The first-order valence-electron chi connectivity index (χ1n) is 8.44. The largest absolute Gasteiger partial charge is 0.496 e. The number of aromatic amines is 1. The van der Waals surface area contributed by atoms with E-state index in [-0.39, 0.29) is 5.56 Å². The van der Waals surface area contributed by atoms with E-state index >= 15 is 0 Å². The zero-order valence-corrected chi connectivity index (χ0v) is 16.8. The van der Waals surface area contributed by atoms with E-state index in [1.54, 1.807) is 31.4 Å². The van der Waals surface area contributed by atoms with Crippen LogP contribution >= 0.6 is 11.3 Å². The number of thiophene rings is 1. The number of rotatable bonds is 4. The third kappa shape index (κ3) is 3.19. The number of hydrogen-bond acceptors (Lipinski definition) is 5. The summed E-state index contributed by atoms with van der Waals surface area (Å²) in [4.78, 5) is 15.4. The fourth-order valence-electron chi connectivity index (χ4n) is 3.49. The Hall–Kier alpha value is -2.68. The van der Waals surface area contributed by atoms with Gasteiger partial charge >= 0.3 is 0 Å². The number of nitrogens with one attached hydrogen (secondary N) is 1. The molecule has 4 rings (SSSR count). The summed E-state index contributed by atoms with van der Waals surface area (Å²) in [5.74, 6) is 0.216. The van der Waals surface area contributed by atoms with Gasteiger partial charge in [0.2, 0.25) is 0 Å². The Labute approximate surface area is 165 Å². The van der Waals surface area contributed by atoms with E-state index in [9.17, 15) is 13.2 Å². The van der Waals surface area contributed by atoms with Crippen molar-refractivity contribution in [3.05, 3.63) is 63.3 Å². The highest BCUT2D eigenvalue weighted by molar-refractivity contribution is 7.85. The highest BCUT2D eigenvalue weighted by Gasteiger charge is 2.18. The van der Waals surface area contributed by atoms with Gasteiger partial charge in [0.1, 0.15) is 16.2 Å². The highest BCUT2D eigenvalue weighted by atomic mass is 32.2. The minimum atomic E-state index is -4.10. The Morgan fingerprint density at radius 2 is 1.89 bits per heavy atom. The van der Waals surface area contributed by atoms with Gasteiger partial charge in [-0.3, -0.25) is 9.35 Å². The molecule has 0 fully saturated rings. The number of benzene rings is 2. The van der Waals surface area contributed by atoms with Gasteiger partial charge in [-0.1, -0.05) is 24.3 Å². The van der Waals surface area contributed by atoms with Crippen LogP contribution < -0.4 is 10.3 Å². The summed E-state index contributed by atoms with van der Waals surface area (Å²) in [7, 11) is -2.51. The zero-order valence-electron chi connectivity index (χ0n) is 15.1. The average molecular weight is 415 g/mol. The van der Waals surface area contributed by atoms with Crippen molar-refractivity contribution in [3.8, 4) is 16.9 Å². The maximum atomic E-state index is 12.4. The summed E-state index contributed by atoms with van der Waals surface area (Å²) in [5.41, 5.74) is 3.63. The number of aryl methyl sites for hydroxylation is 1. The maximum absolute atomic E-state index is 12.4. The summed E-state index contributed by atoms with van der Waals surface area (Å²) in [6, 6.07) is 10.7. The van der Waals surface area contributed by atoms with Crippen LogP contribution in [0.3, 0.4) is 0 Å². The first-order valence-corrected chi connectivity index (χ1v) is 10.9. The summed E-state index contributed by atoms with van der Waals surface area (Å²) < 4.78 is 37.6. The van der Waals surface area contributed by atoms with Gasteiger partial charge in [0.25, 0.3) is 15.7 Å². The maximum Gasteiger partial charge on any atom is 0.269 e. The fourth-order valence-corrected chi connectivity index (χ4v) is 4.90. The molecule has 0 unspecified atom stereocenters. The first-order chi connectivity index (χ1) is 13.3. The van der Waals surface area contributed by atoms with E-state index in [2.05, 4.69) is 4.98 Å². The van der Waals surface area contributed by atoms with Gasteiger partial charge < -0.3 is 9.72 Å². The van der Waals surface area contributed by atoms with E-state index in [4.69, 9.17) is 9.29 Å². The predicted molar refractivity (Wildman–Crippen MR) is 112 cm³/mol. The molecule has 2 aromatic heterocycles. The van der Waals surface area contributed by atoms with Gasteiger partial charge in [0, 0.05) is 16.3 Å². The molecule has 0 radical (unpaired) electrons. The Kier molecular flexibility index (Phi) is 4.49. The molecule has 4 aromatic rings. The van der Waals surface area contributed by atoms with Crippen molar-refractivity contribution in [2.45, 2.75) is 12.7 Å². The lowest BCUT2D eigenvalue weighted by atomic mass is 9.94. The van der Waals surface area contributed by atoms with Crippen LogP contribution in [0.1, 0.15) is 11.1 Å². The summed E-state index contributed by atoms with van der Waals surface area (Å²) in [6.45, 7) is 1.91. The molecule has 28 heavy (non-hydrogen) atoms. The summed E-state index contributed by atoms with van der Waals surface area (Å²) in [6.07, 6.45) is 0. The number of ether oxygens (including phenoxy) is 1. The third-order valence-electron chi connectivity index (χ3n) is 4.68. The van der Waals surface area contributed by atoms with Gasteiger partial charge in [0.15, 0.2) is 0 Å². The molecule has 0 aliphatic heterocycles. The molecule has 2 aromatic carbocycles. The lowest BCUT2D eigenvalue weighted by Crippen LogP contribution is -2.06. The van der Waals surface area contributed by atoms with E-state index < -0.39 is 15.9 Å². The van der Waals surface area contributed by atoms with E-state index in [0.29, 0.717) is 16.0 Å². The summed E-state index contributed by atoms with van der Waals surface area (Å²) in [5, 5.41) is 3.62. The van der Waals surface area contributed by atoms with E-state index in [1.165, 1.54) is 11.3 Å². The Morgan fingerprint density at radius 1 is 1.18 bits per heavy atom. The second kappa shape index (κ2) is 6.73. The lowest BCUT2D eigenvalue weighted by Gasteiger charge is -2.16. The van der Waals surface area contributed by atoms with Gasteiger partial charge in [-0.2, -0.15) is 8.42 Å².